The fourth-order valence-corrected chi connectivity index (χ4v) is 1.61. The van der Waals surface area contributed by atoms with Gasteiger partial charge in [0.1, 0.15) is 5.82 Å². The van der Waals surface area contributed by atoms with Gasteiger partial charge in [0, 0.05) is 4.47 Å². The van der Waals surface area contributed by atoms with Gasteiger partial charge in [-0.3, -0.25) is 0 Å². The largest absolute Gasteiger partial charge is 0.207 e. The summed E-state index contributed by atoms with van der Waals surface area (Å²) < 4.78 is 14.0. The predicted octanol–water partition coefficient (Wildman–Crippen LogP) is 2.14. The molecule has 0 bridgehead atoms. The zero-order valence-electron chi connectivity index (χ0n) is 7.78. The normalized spacial score (nSPS) is 10.3. The Balaban J connectivity index is 2.58. The standard InChI is InChI=1S/C9H6BrFN4/c1-5-12-14-9(15-13-5)8-6(10)3-2-4-7(8)11/h2-4H,1H3. The summed E-state index contributed by atoms with van der Waals surface area (Å²) in [6.45, 7) is 1.67. The van der Waals surface area contributed by atoms with E-state index >= 15 is 0 Å². The van der Waals surface area contributed by atoms with Crippen LogP contribution < -0.4 is 0 Å². The van der Waals surface area contributed by atoms with Gasteiger partial charge in [-0.1, -0.05) is 6.07 Å². The van der Waals surface area contributed by atoms with Gasteiger partial charge >= 0.3 is 0 Å². The van der Waals surface area contributed by atoms with E-state index in [0.29, 0.717) is 10.3 Å². The Hall–Kier alpha value is -1.43. The Morgan fingerprint density at radius 2 is 1.80 bits per heavy atom. The minimum absolute atomic E-state index is 0.172. The Morgan fingerprint density at radius 1 is 1.13 bits per heavy atom. The van der Waals surface area contributed by atoms with Crippen molar-refractivity contribution in [1.29, 1.82) is 0 Å². The molecule has 0 saturated heterocycles. The monoisotopic (exact) mass is 268 g/mol. The molecule has 15 heavy (non-hydrogen) atoms. The van der Waals surface area contributed by atoms with Crippen LogP contribution in [0.25, 0.3) is 11.4 Å². The van der Waals surface area contributed by atoms with E-state index in [1.807, 2.05) is 0 Å². The minimum Gasteiger partial charge on any atom is -0.206 e. The molecule has 0 unspecified atom stereocenters. The Labute approximate surface area is 93.7 Å². The highest BCUT2D eigenvalue weighted by Crippen LogP contribution is 2.27. The average molecular weight is 269 g/mol. The van der Waals surface area contributed by atoms with Gasteiger partial charge in [0.25, 0.3) is 0 Å². The van der Waals surface area contributed by atoms with E-state index < -0.39 is 5.82 Å². The van der Waals surface area contributed by atoms with Crippen molar-refractivity contribution in [2.45, 2.75) is 6.92 Å². The first-order chi connectivity index (χ1) is 7.18. The second-order valence-corrected chi connectivity index (χ2v) is 3.72. The van der Waals surface area contributed by atoms with E-state index in [1.165, 1.54) is 6.07 Å². The van der Waals surface area contributed by atoms with Crippen LogP contribution in [0.5, 0.6) is 0 Å². The van der Waals surface area contributed by atoms with Crippen molar-refractivity contribution in [3.05, 3.63) is 34.3 Å². The molecule has 0 aliphatic carbocycles. The van der Waals surface area contributed by atoms with Crippen molar-refractivity contribution in [1.82, 2.24) is 20.4 Å². The molecule has 4 nitrogen and oxygen atoms in total. The van der Waals surface area contributed by atoms with Crippen LogP contribution in [-0.2, 0) is 0 Å². The highest BCUT2D eigenvalue weighted by Gasteiger charge is 2.12. The summed E-state index contributed by atoms with van der Waals surface area (Å²) >= 11 is 3.23. The lowest BCUT2D eigenvalue weighted by atomic mass is 10.2. The molecule has 0 saturated carbocycles. The molecule has 6 heteroatoms. The van der Waals surface area contributed by atoms with Gasteiger partial charge in [-0.2, -0.15) is 0 Å². The summed E-state index contributed by atoms with van der Waals surface area (Å²) in [5.41, 5.74) is 0.275. The molecule has 76 valence electrons. The van der Waals surface area contributed by atoms with Crippen LogP contribution in [-0.4, -0.2) is 20.4 Å². The van der Waals surface area contributed by atoms with Crippen LogP contribution in [0.4, 0.5) is 4.39 Å². The summed E-state index contributed by atoms with van der Waals surface area (Å²) in [6, 6.07) is 4.64. The van der Waals surface area contributed by atoms with Crippen LogP contribution in [0, 0.1) is 12.7 Å². The summed E-state index contributed by atoms with van der Waals surface area (Å²) in [4.78, 5) is 0. The van der Waals surface area contributed by atoms with Gasteiger partial charge in [-0.25, -0.2) is 4.39 Å². The number of nitrogens with zero attached hydrogens (tertiary/aromatic N) is 4. The number of rotatable bonds is 1. The molecule has 1 heterocycles. The number of benzene rings is 1. The van der Waals surface area contributed by atoms with Crippen molar-refractivity contribution in [2.75, 3.05) is 0 Å². The lowest BCUT2D eigenvalue weighted by Crippen LogP contribution is -2.00. The third-order valence-electron chi connectivity index (χ3n) is 1.77. The van der Waals surface area contributed by atoms with Crippen LogP contribution >= 0.6 is 15.9 Å². The van der Waals surface area contributed by atoms with Crippen LogP contribution in [0.15, 0.2) is 22.7 Å². The van der Waals surface area contributed by atoms with Crippen LogP contribution in [0.1, 0.15) is 5.82 Å². The van der Waals surface area contributed by atoms with Gasteiger partial charge < -0.3 is 0 Å². The second-order valence-electron chi connectivity index (χ2n) is 2.87. The molecule has 0 aliphatic heterocycles. The van der Waals surface area contributed by atoms with Gasteiger partial charge in [0.2, 0.25) is 5.82 Å². The molecular formula is C9H6BrFN4. The zero-order chi connectivity index (χ0) is 10.8. The Kier molecular flexibility index (Phi) is 2.68. The first-order valence-corrected chi connectivity index (χ1v) is 4.96. The highest BCUT2D eigenvalue weighted by atomic mass is 79.9. The zero-order valence-corrected chi connectivity index (χ0v) is 9.36. The summed E-state index contributed by atoms with van der Waals surface area (Å²) in [7, 11) is 0. The first-order valence-electron chi connectivity index (χ1n) is 4.17. The van der Waals surface area contributed by atoms with E-state index in [-0.39, 0.29) is 11.4 Å². The molecule has 1 aromatic heterocycles. The number of hydrogen-bond donors (Lipinski definition) is 0. The molecule has 0 spiro atoms. The third kappa shape index (κ3) is 1.99. The van der Waals surface area contributed by atoms with E-state index in [4.69, 9.17) is 0 Å². The molecule has 1 aromatic carbocycles. The molecule has 2 rings (SSSR count). The van der Waals surface area contributed by atoms with E-state index in [0.717, 1.165) is 0 Å². The maximum Gasteiger partial charge on any atom is 0.207 e. The predicted molar refractivity (Wildman–Crippen MR) is 55.5 cm³/mol. The van der Waals surface area contributed by atoms with E-state index in [1.54, 1.807) is 19.1 Å². The van der Waals surface area contributed by atoms with Gasteiger partial charge in [-0.05, 0) is 35.0 Å². The van der Waals surface area contributed by atoms with Crippen LogP contribution in [0.2, 0.25) is 0 Å². The fraction of sp³-hybridized carbons (Fsp3) is 0.111. The SMILES string of the molecule is Cc1nnc(-c2c(F)cccc2Br)nn1. The topological polar surface area (TPSA) is 51.6 Å². The quantitative estimate of drug-likeness (QED) is 0.795. The first kappa shape index (κ1) is 10.1. The van der Waals surface area contributed by atoms with Gasteiger partial charge in [0.05, 0.1) is 5.56 Å². The lowest BCUT2D eigenvalue weighted by molar-refractivity contribution is 0.627. The Bertz CT molecular complexity index is 466. The van der Waals surface area contributed by atoms with Crippen molar-refractivity contribution < 1.29 is 4.39 Å². The van der Waals surface area contributed by atoms with Gasteiger partial charge in [0.15, 0.2) is 5.82 Å². The smallest absolute Gasteiger partial charge is 0.206 e. The van der Waals surface area contributed by atoms with Crippen molar-refractivity contribution in [2.24, 2.45) is 0 Å². The molecule has 0 fully saturated rings. The average Bonchev–Trinajstić information content (AvgIpc) is 2.20. The number of aromatic nitrogens is 4. The number of hydrogen-bond acceptors (Lipinski definition) is 4. The summed E-state index contributed by atoms with van der Waals surface area (Å²) in [5.74, 6) is 0.216. The third-order valence-corrected chi connectivity index (χ3v) is 2.43. The summed E-state index contributed by atoms with van der Waals surface area (Å²) in [6.07, 6.45) is 0. The lowest BCUT2D eigenvalue weighted by Gasteiger charge is -2.02. The molecule has 0 atom stereocenters. The number of aryl methyl sites for hydroxylation is 1. The Morgan fingerprint density at radius 3 is 2.40 bits per heavy atom. The number of halogens is 2. The molecule has 0 amide bonds. The highest BCUT2D eigenvalue weighted by molar-refractivity contribution is 9.10. The molecule has 2 aromatic rings. The summed E-state index contributed by atoms with van der Waals surface area (Å²) in [5, 5.41) is 15.0. The molecule has 0 radical (unpaired) electrons. The van der Waals surface area contributed by atoms with Crippen molar-refractivity contribution >= 4 is 15.9 Å². The molecule has 0 aliphatic rings. The van der Waals surface area contributed by atoms with E-state index in [2.05, 4.69) is 36.3 Å². The van der Waals surface area contributed by atoms with Gasteiger partial charge in [-0.15, -0.1) is 20.4 Å². The van der Waals surface area contributed by atoms with Crippen molar-refractivity contribution in [3.63, 3.8) is 0 Å². The van der Waals surface area contributed by atoms with E-state index in [9.17, 15) is 4.39 Å². The van der Waals surface area contributed by atoms with Crippen molar-refractivity contribution in [3.8, 4) is 11.4 Å². The maximum atomic E-state index is 13.5. The maximum absolute atomic E-state index is 13.5. The molecule has 0 N–H and O–H groups in total. The van der Waals surface area contributed by atoms with Crippen LogP contribution in [0.3, 0.4) is 0 Å². The second kappa shape index (κ2) is 3.98. The fourth-order valence-electron chi connectivity index (χ4n) is 1.09. The minimum atomic E-state index is -0.406. The molecular weight excluding hydrogens is 263 g/mol.